The fraction of sp³-hybridized carbons (Fsp3) is 0.214. The van der Waals surface area contributed by atoms with E-state index in [1.165, 1.54) is 18.2 Å². The predicted octanol–water partition coefficient (Wildman–Crippen LogP) is 3.51. The monoisotopic (exact) mass is 593 g/mol. The van der Waals surface area contributed by atoms with Gasteiger partial charge in [0.15, 0.2) is 5.60 Å². The van der Waals surface area contributed by atoms with Crippen molar-refractivity contribution in [2.45, 2.75) is 29.4 Å². The number of carbonyl (C=O) groups excluding carboxylic acids is 3. The lowest BCUT2D eigenvalue weighted by Crippen LogP contribution is -2.50. The summed E-state index contributed by atoms with van der Waals surface area (Å²) in [6.45, 7) is 0.356. The van der Waals surface area contributed by atoms with Gasteiger partial charge in [-0.1, -0.05) is 41.9 Å². The van der Waals surface area contributed by atoms with E-state index in [-0.39, 0.29) is 35.9 Å². The molecule has 0 bridgehead atoms. The third-order valence-electron chi connectivity index (χ3n) is 7.36. The van der Waals surface area contributed by atoms with Crippen LogP contribution in [0.3, 0.4) is 0 Å². The summed E-state index contributed by atoms with van der Waals surface area (Å²) in [5, 5.41) is 8.68. The van der Waals surface area contributed by atoms with Gasteiger partial charge in [0.2, 0.25) is 5.91 Å². The lowest BCUT2D eigenvalue weighted by atomic mass is 9.90. The lowest BCUT2D eigenvalue weighted by Gasteiger charge is -2.35. The van der Waals surface area contributed by atoms with Crippen molar-refractivity contribution in [1.29, 1.82) is 0 Å². The van der Waals surface area contributed by atoms with Crippen molar-refractivity contribution < 1.29 is 27.5 Å². The number of nitrogens with zero attached hydrogens (tertiary/aromatic N) is 2. The Labute approximate surface area is 240 Å². The molecule has 0 aromatic heterocycles. The van der Waals surface area contributed by atoms with E-state index in [9.17, 15) is 22.8 Å². The Balaban J connectivity index is 1.28. The van der Waals surface area contributed by atoms with Gasteiger partial charge in [-0.05, 0) is 42.0 Å². The van der Waals surface area contributed by atoms with Gasteiger partial charge in [-0.2, -0.15) is 8.42 Å². The van der Waals surface area contributed by atoms with Gasteiger partial charge in [-0.3, -0.25) is 14.9 Å². The quantitative estimate of drug-likeness (QED) is 0.410. The second kappa shape index (κ2) is 10.2. The molecule has 0 aliphatic carbocycles. The SMILES string of the molecule is O=C1Nc2ccc(Cl)cc2C2(CCN(C(=O)[C@H](Cc3ccccc3)NC(=O)c3ccc4c(c3)S(=O)(=O)N=CN4)C2)O1. The molecular formula is C28H24ClN5O6S. The number of benzene rings is 3. The Kier molecular flexibility index (Phi) is 6.66. The van der Waals surface area contributed by atoms with Gasteiger partial charge in [0, 0.05) is 35.5 Å². The van der Waals surface area contributed by atoms with E-state index in [1.807, 2.05) is 30.3 Å². The smallest absolute Gasteiger partial charge is 0.412 e. The van der Waals surface area contributed by atoms with Crippen LogP contribution in [-0.4, -0.2) is 56.7 Å². The average molecular weight is 594 g/mol. The van der Waals surface area contributed by atoms with Crippen LogP contribution in [0.4, 0.5) is 16.2 Å². The molecule has 210 valence electrons. The fourth-order valence-electron chi connectivity index (χ4n) is 5.37. The molecule has 1 unspecified atom stereocenters. The van der Waals surface area contributed by atoms with Crippen LogP contribution in [0.1, 0.15) is 27.9 Å². The first-order valence-corrected chi connectivity index (χ1v) is 14.6. The highest BCUT2D eigenvalue weighted by atomic mass is 35.5. The van der Waals surface area contributed by atoms with Crippen molar-refractivity contribution >= 4 is 57.2 Å². The summed E-state index contributed by atoms with van der Waals surface area (Å²) in [4.78, 5) is 41.1. The zero-order chi connectivity index (χ0) is 28.8. The molecule has 3 aromatic carbocycles. The first-order valence-electron chi connectivity index (χ1n) is 12.8. The number of carbonyl (C=O) groups is 3. The molecule has 2 atom stereocenters. The molecule has 13 heteroatoms. The minimum Gasteiger partial charge on any atom is -0.436 e. The molecule has 3 aromatic rings. The molecule has 1 spiro atoms. The minimum absolute atomic E-state index is 0.0610. The van der Waals surface area contributed by atoms with Gasteiger partial charge in [-0.25, -0.2) is 4.79 Å². The summed E-state index contributed by atoms with van der Waals surface area (Å²) in [6.07, 6.45) is 0.987. The van der Waals surface area contributed by atoms with Crippen LogP contribution >= 0.6 is 11.6 Å². The number of anilines is 2. The fourth-order valence-corrected chi connectivity index (χ4v) is 6.53. The van der Waals surface area contributed by atoms with E-state index in [0.29, 0.717) is 28.4 Å². The van der Waals surface area contributed by atoms with Gasteiger partial charge in [0.05, 0.1) is 17.9 Å². The van der Waals surface area contributed by atoms with Crippen molar-refractivity contribution in [3.63, 3.8) is 0 Å². The van der Waals surface area contributed by atoms with Crippen LogP contribution in [0.2, 0.25) is 5.02 Å². The van der Waals surface area contributed by atoms with Gasteiger partial charge in [0.25, 0.3) is 15.9 Å². The molecule has 3 heterocycles. The van der Waals surface area contributed by atoms with E-state index < -0.39 is 33.7 Å². The number of hydrogen-bond acceptors (Lipinski definition) is 7. The molecule has 0 saturated carbocycles. The molecule has 6 rings (SSSR count). The summed E-state index contributed by atoms with van der Waals surface area (Å²) in [5.41, 5.74) is 1.33. The van der Waals surface area contributed by atoms with Crippen molar-refractivity contribution in [2.24, 2.45) is 4.40 Å². The van der Waals surface area contributed by atoms with Crippen LogP contribution in [0.5, 0.6) is 0 Å². The number of rotatable bonds is 5. The van der Waals surface area contributed by atoms with Crippen LogP contribution in [0.15, 0.2) is 76.0 Å². The van der Waals surface area contributed by atoms with Gasteiger partial charge in [0.1, 0.15) is 17.3 Å². The summed E-state index contributed by atoms with van der Waals surface area (Å²) >= 11 is 6.25. The Morgan fingerprint density at radius 1 is 1.10 bits per heavy atom. The van der Waals surface area contributed by atoms with Crippen LogP contribution in [0, 0.1) is 0 Å². The number of fused-ring (bicyclic) bond motifs is 3. The summed E-state index contributed by atoms with van der Waals surface area (Å²) in [7, 11) is -3.96. The minimum atomic E-state index is -3.96. The average Bonchev–Trinajstić information content (AvgIpc) is 3.37. The third kappa shape index (κ3) is 5.11. The lowest BCUT2D eigenvalue weighted by molar-refractivity contribution is -0.133. The first-order chi connectivity index (χ1) is 19.6. The molecule has 3 aliphatic heterocycles. The van der Waals surface area contributed by atoms with Crippen molar-refractivity contribution in [1.82, 2.24) is 10.2 Å². The van der Waals surface area contributed by atoms with Gasteiger partial charge in [-0.15, -0.1) is 4.40 Å². The summed E-state index contributed by atoms with van der Waals surface area (Å²) < 4.78 is 34.0. The highest BCUT2D eigenvalue weighted by Crippen LogP contribution is 2.44. The number of halogens is 1. The van der Waals surface area contributed by atoms with E-state index in [2.05, 4.69) is 20.3 Å². The number of hydrogen-bond donors (Lipinski definition) is 3. The Morgan fingerprint density at radius 3 is 2.68 bits per heavy atom. The Morgan fingerprint density at radius 2 is 1.88 bits per heavy atom. The van der Waals surface area contributed by atoms with Crippen LogP contribution in [0.25, 0.3) is 0 Å². The number of nitrogens with one attached hydrogen (secondary N) is 3. The zero-order valence-corrected chi connectivity index (χ0v) is 23.0. The largest absolute Gasteiger partial charge is 0.436 e. The van der Waals surface area contributed by atoms with Crippen LogP contribution < -0.4 is 16.0 Å². The molecular weight excluding hydrogens is 570 g/mol. The molecule has 1 fully saturated rings. The molecule has 41 heavy (non-hydrogen) atoms. The molecule has 11 nitrogen and oxygen atoms in total. The number of sulfonamides is 1. The van der Waals surface area contributed by atoms with Gasteiger partial charge >= 0.3 is 6.09 Å². The number of amides is 3. The highest BCUT2D eigenvalue weighted by Gasteiger charge is 2.49. The van der Waals surface area contributed by atoms with E-state index in [1.54, 1.807) is 23.1 Å². The van der Waals surface area contributed by atoms with Crippen molar-refractivity contribution in [2.75, 3.05) is 23.7 Å². The summed E-state index contributed by atoms with van der Waals surface area (Å²) in [6, 6.07) is 17.5. The van der Waals surface area contributed by atoms with Crippen LogP contribution in [-0.2, 0) is 31.6 Å². The second-order valence-electron chi connectivity index (χ2n) is 9.99. The first kappa shape index (κ1) is 26.8. The Hall–Kier alpha value is -4.42. The maximum atomic E-state index is 13.9. The standard InChI is InChI=1S/C28H24ClN5O6S/c29-19-7-9-21-20(14-19)28(40-27(37)33-21)10-11-34(15-28)26(36)23(12-17-4-2-1-3-5-17)32-25(35)18-6-8-22-24(13-18)41(38,39)31-16-30-22/h1-9,13-14,16,23H,10-12,15H2,(H,30,31)(H,32,35)(H,33,37)/t23-,28?/m0/s1. The molecule has 0 radical (unpaired) electrons. The number of likely N-dealkylation sites (tertiary alicyclic amines) is 1. The molecule has 3 amide bonds. The molecule has 3 N–H and O–H groups in total. The maximum Gasteiger partial charge on any atom is 0.412 e. The van der Waals surface area contributed by atoms with Crippen molar-refractivity contribution in [3.8, 4) is 0 Å². The molecule has 3 aliphatic rings. The molecule has 1 saturated heterocycles. The van der Waals surface area contributed by atoms with E-state index in [0.717, 1.165) is 11.9 Å². The summed E-state index contributed by atoms with van der Waals surface area (Å²) in [5.74, 6) is -0.986. The maximum absolute atomic E-state index is 13.9. The van der Waals surface area contributed by atoms with Crippen molar-refractivity contribution in [3.05, 3.63) is 88.4 Å². The highest BCUT2D eigenvalue weighted by molar-refractivity contribution is 7.90. The normalized spacial score (nSPS) is 20.7. The predicted molar refractivity (Wildman–Crippen MR) is 152 cm³/mol. The number of ether oxygens (including phenoxy) is 1. The van der Waals surface area contributed by atoms with E-state index >= 15 is 0 Å². The van der Waals surface area contributed by atoms with E-state index in [4.69, 9.17) is 16.3 Å². The third-order valence-corrected chi connectivity index (χ3v) is 8.87. The Bertz CT molecular complexity index is 1710. The van der Waals surface area contributed by atoms with Gasteiger partial charge < -0.3 is 20.3 Å². The second-order valence-corrected chi connectivity index (χ2v) is 12.0. The zero-order valence-electron chi connectivity index (χ0n) is 21.5. The topological polar surface area (TPSA) is 146 Å².